The van der Waals surface area contributed by atoms with Crippen molar-refractivity contribution in [3.8, 4) is 0 Å². The lowest BCUT2D eigenvalue weighted by Gasteiger charge is -2.30. The second-order valence-corrected chi connectivity index (χ2v) is 10.0. The molecule has 2 nitrogen and oxygen atoms in total. The quantitative estimate of drug-likeness (QED) is 0.794. The van der Waals surface area contributed by atoms with Crippen molar-refractivity contribution in [1.82, 2.24) is 4.98 Å². The maximum atomic E-state index is 5.60. The Balaban J connectivity index is 2.75. The van der Waals surface area contributed by atoms with Crippen molar-refractivity contribution in [3.63, 3.8) is 0 Å². The topological polar surface area (TPSA) is 21.3 Å². The van der Waals surface area contributed by atoms with Crippen molar-refractivity contribution in [1.29, 1.82) is 0 Å². The molecular weight excluding hydrogens is 214 g/mol. The predicted octanol–water partition coefficient (Wildman–Crippen LogP) is 3.19. The van der Waals surface area contributed by atoms with Gasteiger partial charge in [0, 0.05) is 13.2 Å². The molecule has 2 atom stereocenters. The number of nitrogens with one attached hydrogen (secondary N) is 1. The van der Waals surface area contributed by atoms with Gasteiger partial charge in [0.05, 0.1) is 6.10 Å². The molecule has 0 amide bonds. The fourth-order valence-electron chi connectivity index (χ4n) is 2.03. The van der Waals surface area contributed by atoms with Gasteiger partial charge in [-0.25, -0.2) is 0 Å². The molecule has 0 unspecified atom stereocenters. The van der Waals surface area contributed by atoms with Crippen LogP contribution in [0.4, 0.5) is 0 Å². The molecule has 16 heavy (non-hydrogen) atoms. The van der Waals surface area contributed by atoms with E-state index in [2.05, 4.69) is 55.8 Å². The Morgan fingerprint density at radius 1 is 1.12 bits per heavy atom. The number of benzene rings is 1. The number of methoxy groups -OCH3 is 1. The minimum Gasteiger partial charge on any atom is -0.375 e. The number of rotatable bonds is 5. The first-order valence-electron chi connectivity index (χ1n) is 5.79. The van der Waals surface area contributed by atoms with E-state index in [1.807, 2.05) is 6.07 Å². The normalized spacial score (nSPS) is 15.8. The molecule has 0 saturated heterocycles. The molecular formula is C13H23NOSi. The zero-order valence-electron chi connectivity index (χ0n) is 10.9. The minimum atomic E-state index is -1.26. The lowest BCUT2D eigenvalue weighted by Crippen LogP contribution is -2.49. The molecule has 1 N–H and O–H groups in total. The average Bonchev–Trinajstić information content (AvgIpc) is 2.17. The third-order valence-electron chi connectivity index (χ3n) is 2.50. The van der Waals surface area contributed by atoms with Crippen LogP contribution >= 0.6 is 0 Å². The summed E-state index contributed by atoms with van der Waals surface area (Å²) in [4.78, 5) is 3.68. The Morgan fingerprint density at radius 3 is 2.12 bits per heavy atom. The summed E-state index contributed by atoms with van der Waals surface area (Å²) in [6, 6.07) is 10.7. The van der Waals surface area contributed by atoms with Crippen LogP contribution in [-0.2, 0) is 4.74 Å². The third kappa shape index (κ3) is 4.08. The van der Waals surface area contributed by atoms with Crippen molar-refractivity contribution in [3.05, 3.63) is 35.9 Å². The van der Waals surface area contributed by atoms with Gasteiger partial charge in [0.25, 0.3) is 0 Å². The second kappa shape index (κ2) is 5.62. The summed E-state index contributed by atoms with van der Waals surface area (Å²) in [5, 5.41) is 0. The van der Waals surface area contributed by atoms with E-state index in [1.165, 1.54) is 5.56 Å². The number of hydrogen-bond acceptors (Lipinski definition) is 2. The van der Waals surface area contributed by atoms with Gasteiger partial charge in [-0.15, -0.1) is 0 Å². The molecule has 1 aromatic rings. The Bertz CT molecular complexity index is 307. The lowest BCUT2D eigenvalue weighted by molar-refractivity contribution is 0.0798. The molecule has 90 valence electrons. The summed E-state index contributed by atoms with van der Waals surface area (Å²) in [6.45, 7) is 9.11. The average molecular weight is 237 g/mol. The minimum absolute atomic E-state index is 0.132. The molecule has 0 radical (unpaired) electrons. The first kappa shape index (κ1) is 13.4. The van der Waals surface area contributed by atoms with Gasteiger partial charge in [-0.2, -0.15) is 0 Å². The predicted molar refractivity (Wildman–Crippen MR) is 72.1 cm³/mol. The highest BCUT2D eigenvalue weighted by Gasteiger charge is 2.23. The Labute approximate surface area is 100 Å². The largest absolute Gasteiger partial charge is 0.375 e. The molecule has 1 aromatic carbocycles. The summed E-state index contributed by atoms with van der Waals surface area (Å²) in [6.07, 6.45) is 0.132. The van der Waals surface area contributed by atoms with E-state index in [4.69, 9.17) is 4.74 Å². The maximum Gasteiger partial charge on any atom is 0.116 e. The Hall–Kier alpha value is -0.643. The highest BCUT2D eigenvalue weighted by atomic mass is 28.3. The lowest BCUT2D eigenvalue weighted by atomic mass is 10.0. The summed E-state index contributed by atoms with van der Waals surface area (Å²) in [7, 11) is 0.516. The first-order valence-corrected chi connectivity index (χ1v) is 9.29. The molecule has 1 rings (SSSR count). The number of ether oxygens (including phenoxy) is 1. The highest BCUT2D eigenvalue weighted by molar-refractivity contribution is 6.73. The highest BCUT2D eigenvalue weighted by Crippen LogP contribution is 2.21. The van der Waals surface area contributed by atoms with Gasteiger partial charge in [-0.3, -0.25) is 0 Å². The van der Waals surface area contributed by atoms with E-state index in [0.29, 0.717) is 6.04 Å². The van der Waals surface area contributed by atoms with Crippen molar-refractivity contribution in [2.24, 2.45) is 0 Å². The van der Waals surface area contributed by atoms with Gasteiger partial charge in [0.1, 0.15) is 8.24 Å². The van der Waals surface area contributed by atoms with E-state index < -0.39 is 8.24 Å². The molecule has 0 heterocycles. The Kier molecular flexibility index (Phi) is 4.71. The van der Waals surface area contributed by atoms with Crippen LogP contribution in [-0.4, -0.2) is 21.4 Å². The van der Waals surface area contributed by atoms with Crippen LogP contribution in [0.1, 0.15) is 18.6 Å². The molecule has 3 heteroatoms. The SMILES string of the molecule is CO[C@H](c1ccccc1)[C@H](C)N[Si](C)(C)C. The van der Waals surface area contributed by atoms with E-state index in [1.54, 1.807) is 7.11 Å². The second-order valence-electron chi connectivity index (χ2n) is 5.25. The zero-order chi connectivity index (χ0) is 12.2. The van der Waals surface area contributed by atoms with Crippen LogP contribution in [0.3, 0.4) is 0 Å². The molecule has 0 aliphatic carbocycles. The van der Waals surface area contributed by atoms with Crippen LogP contribution in [0.2, 0.25) is 19.6 Å². The van der Waals surface area contributed by atoms with Gasteiger partial charge in [0.2, 0.25) is 0 Å². The number of hydrogen-bond donors (Lipinski definition) is 1. The smallest absolute Gasteiger partial charge is 0.116 e. The van der Waals surface area contributed by atoms with E-state index in [0.717, 1.165) is 0 Å². The van der Waals surface area contributed by atoms with Crippen LogP contribution in [0.25, 0.3) is 0 Å². The first-order chi connectivity index (χ1) is 7.44. The van der Waals surface area contributed by atoms with E-state index in [-0.39, 0.29) is 6.10 Å². The van der Waals surface area contributed by atoms with Crippen molar-refractivity contribution in [2.75, 3.05) is 7.11 Å². The van der Waals surface area contributed by atoms with Crippen molar-refractivity contribution < 1.29 is 4.74 Å². The van der Waals surface area contributed by atoms with Crippen LogP contribution in [0.5, 0.6) is 0 Å². The molecule has 0 fully saturated rings. The van der Waals surface area contributed by atoms with Crippen molar-refractivity contribution >= 4 is 8.24 Å². The monoisotopic (exact) mass is 237 g/mol. The van der Waals surface area contributed by atoms with Gasteiger partial charge >= 0.3 is 0 Å². The molecule has 0 spiro atoms. The van der Waals surface area contributed by atoms with E-state index in [9.17, 15) is 0 Å². The zero-order valence-corrected chi connectivity index (χ0v) is 11.9. The molecule has 0 aliphatic heterocycles. The fourth-order valence-corrected chi connectivity index (χ4v) is 3.55. The van der Waals surface area contributed by atoms with Crippen LogP contribution in [0, 0.1) is 0 Å². The molecule has 0 saturated carbocycles. The summed E-state index contributed by atoms with van der Waals surface area (Å²) in [5.41, 5.74) is 1.24. The maximum absolute atomic E-state index is 5.60. The fraction of sp³-hybridized carbons (Fsp3) is 0.538. The van der Waals surface area contributed by atoms with Gasteiger partial charge in [-0.05, 0) is 12.5 Å². The summed E-state index contributed by atoms with van der Waals surface area (Å²) >= 11 is 0. The molecule has 0 aromatic heterocycles. The Morgan fingerprint density at radius 2 is 1.69 bits per heavy atom. The van der Waals surface area contributed by atoms with Crippen LogP contribution in [0.15, 0.2) is 30.3 Å². The van der Waals surface area contributed by atoms with Gasteiger partial charge in [0.15, 0.2) is 0 Å². The molecule has 0 bridgehead atoms. The third-order valence-corrected chi connectivity index (χ3v) is 3.82. The summed E-state index contributed by atoms with van der Waals surface area (Å²) in [5.74, 6) is 0. The summed E-state index contributed by atoms with van der Waals surface area (Å²) < 4.78 is 5.60. The van der Waals surface area contributed by atoms with Gasteiger partial charge < -0.3 is 9.72 Å². The van der Waals surface area contributed by atoms with Gasteiger partial charge in [-0.1, -0.05) is 50.0 Å². The molecule has 0 aliphatic rings. The van der Waals surface area contributed by atoms with Crippen molar-refractivity contribution in [2.45, 2.75) is 38.7 Å². The van der Waals surface area contributed by atoms with Crippen LogP contribution < -0.4 is 4.98 Å². The standard InChI is InChI=1S/C13H23NOSi/c1-11(14-16(3,4)5)13(15-2)12-9-7-6-8-10-12/h6-11,13-14H,1-5H3/t11-,13-/m0/s1. The van der Waals surface area contributed by atoms with E-state index >= 15 is 0 Å².